The number of benzene rings is 2. The van der Waals surface area contributed by atoms with Crippen LogP contribution in [0.4, 0.5) is 0 Å². The summed E-state index contributed by atoms with van der Waals surface area (Å²) in [6.07, 6.45) is 2.16. The van der Waals surface area contributed by atoms with Crippen molar-refractivity contribution in [1.82, 2.24) is 4.98 Å². The molecule has 1 aliphatic heterocycles. The minimum absolute atomic E-state index is 0.264. The first-order valence-electron chi connectivity index (χ1n) is 10.6. The summed E-state index contributed by atoms with van der Waals surface area (Å²) < 4.78 is 16.2. The highest BCUT2D eigenvalue weighted by Gasteiger charge is 2.34. The van der Waals surface area contributed by atoms with Crippen molar-refractivity contribution in [3.63, 3.8) is 0 Å². The van der Waals surface area contributed by atoms with E-state index in [9.17, 15) is 4.79 Å². The standard InChI is InChI=1S/C25H28N2O4/c1-16-18-8-5-6-9-20(18)26-21(24(16)25(28)31-4)15-27-13-7-10-22(27)19-12-11-17(29-2)14-23(19)30-3/h5-6,8-9,11-12,14,22H,7,10,13,15H2,1-4H3/p+1/t22-/m0/s1. The minimum Gasteiger partial charge on any atom is -0.497 e. The van der Waals surface area contributed by atoms with E-state index in [2.05, 4.69) is 6.07 Å². The molecule has 3 aromatic rings. The zero-order chi connectivity index (χ0) is 22.0. The van der Waals surface area contributed by atoms with E-state index in [4.69, 9.17) is 19.2 Å². The van der Waals surface area contributed by atoms with Crippen LogP contribution in [-0.4, -0.2) is 38.8 Å². The predicted molar refractivity (Wildman–Crippen MR) is 119 cm³/mol. The Morgan fingerprint density at radius 1 is 1.13 bits per heavy atom. The van der Waals surface area contributed by atoms with Gasteiger partial charge in [-0.2, -0.15) is 0 Å². The zero-order valence-corrected chi connectivity index (χ0v) is 18.5. The van der Waals surface area contributed by atoms with E-state index in [1.165, 1.54) is 12.0 Å². The number of nitrogens with one attached hydrogen (secondary N) is 1. The van der Waals surface area contributed by atoms with Gasteiger partial charge < -0.3 is 19.1 Å². The molecular formula is C25H29N2O4+. The number of aryl methyl sites for hydroxylation is 1. The van der Waals surface area contributed by atoms with Crippen LogP contribution in [0.5, 0.6) is 11.5 Å². The molecule has 2 aromatic carbocycles. The number of hydrogen-bond acceptors (Lipinski definition) is 5. The molecule has 0 bridgehead atoms. The molecule has 0 amide bonds. The van der Waals surface area contributed by atoms with Crippen molar-refractivity contribution in [3.8, 4) is 11.5 Å². The summed E-state index contributed by atoms with van der Waals surface area (Å²) in [6, 6.07) is 14.2. The van der Waals surface area contributed by atoms with E-state index in [1.54, 1.807) is 14.2 Å². The lowest BCUT2D eigenvalue weighted by Gasteiger charge is -2.24. The Hall–Kier alpha value is -3.12. The van der Waals surface area contributed by atoms with Crippen LogP contribution in [0.25, 0.3) is 10.9 Å². The van der Waals surface area contributed by atoms with E-state index in [1.807, 2.05) is 43.3 Å². The average molecular weight is 422 g/mol. The van der Waals surface area contributed by atoms with Gasteiger partial charge in [-0.3, -0.25) is 0 Å². The number of hydrogen-bond donors (Lipinski definition) is 1. The Morgan fingerprint density at radius 3 is 2.68 bits per heavy atom. The predicted octanol–water partition coefficient (Wildman–Crippen LogP) is 3.27. The van der Waals surface area contributed by atoms with Crippen LogP contribution in [0.2, 0.25) is 0 Å². The van der Waals surface area contributed by atoms with Crippen molar-refractivity contribution in [2.45, 2.75) is 32.4 Å². The number of fused-ring (bicyclic) bond motifs is 1. The number of para-hydroxylation sites is 1. The number of carbonyl (C=O) groups is 1. The Bertz CT molecular complexity index is 1110. The number of nitrogens with zero attached hydrogens (tertiary/aromatic N) is 1. The van der Waals surface area contributed by atoms with Gasteiger partial charge in [0.1, 0.15) is 29.8 Å². The molecule has 1 unspecified atom stereocenters. The first kappa shape index (κ1) is 21.1. The second-order valence-electron chi connectivity index (χ2n) is 7.95. The molecule has 1 aromatic heterocycles. The van der Waals surface area contributed by atoms with Crippen LogP contribution in [0.1, 0.15) is 46.1 Å². The molecule has 0 saturated carbocycles. The number of carbonyl (C=O) groups excluding carboxylic acids is 1. The number of aromatic nitrogens is 1. The van der Waals surface area contributed by atoms with Gasteiger partial charge in [-0.05, 0) is 30.7 Å². The third-order valence-corrected chi connectivity index (χ3v) is 6.31. The van der Waals surface area contributed by atoms with Gasteiger partial charge in [0.2, 0.25) is 0 Å². The topological polar surface area (TPSA) is 62.1 Å². The molecule has 0 spiro atoms. The largest absolute Gasteiger partial charge is 0.497 e. The summed E-state index contributed by atoms with van der Waals surface area (Å²) in [7, 11) is 4.77. The smallest absolute Gasteiger partial charge is 0.340 e. The van der Waals surface area contributed by atoms with Gasteiger partial charge in [-0.25, -0.2) is 9.78 Å². The van der Waals surface area contributed by atoms with Gasteiger partial charge in [-0.15, -0.1) is 0 Å². The second kappa shape index (κ2) is 8.94. The fourth-order valence-electron chi connectivity index (χ4n) is 4.76. The van der Waals surface area contributed by atoms with Gasteiger partial charge in [0, 0.05) is 24.3 Å². The average Bonchev–Trinajstić information content (AvgIpc) is 3.26. The van der Waals surface area contributed by atoms with Gasteiger partial charge in [0.25, 0.3) is 0 Å². The Kier molecular flexibility index (Phi) is 6.09. The summed E-state index contributed by atoms with van der Waals surface area (Å²) in [4.78, 5) is 19.0. The van der Waals surface area contributed by atoms with E-state index in [-0.39, 0.29) is 12.0 Å². The second-order valence-corrected chi connectivity index (χ2v) is 7.95. The minimum atomic E-state index is -0.331. The van der Waals surface area contributed by atoms with Crippen LogP contribution < -0.4 is 14.4 Å². The molecule has 2 atom stereocenters. The van der Waals surface area contributed by atoms with Crippen LogP contribution in [0.3, 0.4) is 0 Å². The first-order chi connectivity index (χ1) is 15.1. The Balaban J connectivity index is 1.74. The number of quaternary nitrogens is 1. The molecule has 1 N–H and O–H groups in total. The number of esters is 1. The summed E-state index contributed by atoms with van der Waals surface area (Å²) in [5.74, 6) is 1.28. The Morgan fingerprint density at radius 2 is 1.94 bits per heavy atom. The van der Waals surface area contributed by atoms with E-state index >= 15 is 0 Å². The highest BCUT2D eigenvalue weighted by molar-refractivity contribution is 5.98. The van der Waals surface area contributed by atoms with Crippen LogP contribution in [0.15, 0.2) is 42.5 Å². The molecular weight excluding hydrogens is 392 g/mol. The zero-order valence-electron chi connectivity index (χ0n) is 18.5. The molecule has 1 saturated heterocycles. The number of likely N-dealkylation sites (tertiary alicyclic amines) is 1. The SMILES string of the molecule is COC(=O)c1c(C[NH+]2CCC[C@H]2c2ccc(OC)cc2OC)nc2ccccc2c1C. The lowest BCUT2D eigenvalue weighted by atomic mass is 10.00. The molecule has 6 nitrogen and oxygen atoms in total. The maximum Gasteiger partial charge on any atom is 0.340 e. The van der Waals surface area contributed by atoms with Crippen molar-refractivity contribution in [3.05, 3.63) is 64.8 Å². The summed E-state index contributed by atoms with van der Waals surface area (Å²) >= 11 is 0. The van der Waals surface area contributed by atoms with Crippen LogP contribution in [0, 0.1) is 6.92 Å². The number of methoxy groups -OCH3 is 3. The maximum atomic E-state index is 12.7. The number of pyridine rings is 1. The fraction of sp³-hybridized carbons (Fsp3) is 0.360. The summed E-state index contributed by atoms with van der Waals surface area (Å²) in [5, 5.41) is 0.983. The van der Waals surface area contributed by atoms with Crippen molar-refractivity contribution >= 4 is 16.9 Å². The van der Waals surface area contributed by atoms with Crippen molar-refractivity contribution < 1.29 is 23.9 Å². The molecule has 0 aliphatic carbocycles. The molecule has 6 heteroatoms. The monoisotopic (exact) mass is 421 g/mol. The van der Waals surface area contributed by atoms with Crippen molar-refractivity contribution in [2.75, 3.05) is 27.9 Å². The third-order valence-electron chi connectivity index (χ3n) is 6.31. The van der Waals surface area contributed by atoms with Gasteiger partial charge >= 0.3 is 5.97 Å². The molecule has 4 rings (SSSR count). The molecule has 162 valence electrons. The molecule has 1 aliphatic rings. The first-order valence-corrected chi connectivity index (χ1v) is 10.6. The van der Waals surface area contributed by atoms with E-state index < -0.39 is 0 Å². The van der Waals surface area contributed by atoms with Crippen molar-refractivity contribution in [1.29, 1.82) is 0 Å². The molecule has 1 fully saturated rings. The van der Waals surface area contributed by atoms with Crippen molar-refractivity contribution in [2.24, 2.45) is 0 Å². The van der Waals surface area contributed by atoms with Crippen LogP contribution >= 0.6 is 0 Å². The maximum absolute atomic E-state index is 12.7. The number of ether oxygens (including phenoxy) is 3. The molecule has 2 heterocycles. The fourth-order valence-corrected chi connectivity index (χ4v) is 4.76. The normalized spacial score (nSPS) is 18.2. The van der Waals surface area contributed by atoms with Gasteiger partial charge in [-0.1, -0.05) is 18.2 Å². The third kappa shape index (κ3) is 3.95. The Labute approximate surface area is 182 Å². The lowest BCUT2D eigenvalue weighted by molar-refractivity contribution is -0.932. The highest BCUT2D eigenvalue weighted by atomic mass is 16.5. The van der Waals surface area contributed by atoms with E-state index in [0.29, 0.717) is 12.1 Å². The van der Waals surface area contributed by atoms with Gasteiger partial charge in [0.15, 0.2) is 0 Å². The highest BCUT2D eigenvalue weighted by Crippen LogP contribution is 2.32. The van der Waals surface area contributed by atoms with E-state index in [0.717, 1.165) is 58.6 Å². The number of rotatable bonds is 6. The van der Waals surface area contributed by atoms with Gasteiger partial charge in [0.05, 0.1) is 44.5 Å². The molecule has 31 heavy (non-hydrogen) atoms. The summed E-state index contributed by atoms with van der Waals surface area (Å²) in [6.45, 7) is 3.63. The quantitative estimate of drug-likeness (QED) is 0.619. The van der Waals surface area contributed by atoms with Crippen LogP contribution in [-0.2, 0) is 11.3 Å². The lowest BCUT2D eigenvalue weighted by Crippen LogP contribution is -3.09. The summed E-state index contributed by atoms with van der Waals surface area (Å²) in [5.41, 5.74) is 4.36. The molecule has 0 radical (unpaired) electrons.